The third-order valence-electron chi connectivity index (χ3n) is 5.30. The first kappa shape index (κ1) is 23.3. The maximum Gasteiger partial charge on any atom is 0.271 e. The first-order valence-corrected chi connectivity index (χ1v) is 11.5. The normalized spacial score (nSPS) is 10.9. The van der Waals surface area contributed by atoms with Crippen LogP contribution in [-0.4, -0.2) is 23.8 Å². The number of benzene rings is 3. The second kappa shape index (κ2) is 10.9. The molecule has 0 bridgehead atoms. The number of aromatic nitrogens is 1. The summed E-state index contributed by atoms with van der Waals surface area (Å²) in [6, 6.07) is 22.9. The van der Waals surface area contributed by atoms with Gasteiger partial charge in [0.25, 0.3) is 5.91 Å². The number of hydrazone groups is 1. The maximum atomic E-state index is 12.4. The van der Waals surface area contributed by atoms with Crippen LogP contribution in [0.4, 0.5) is 0 Å². The summed E-state index contributed by atoms with van der Waals surface area (Å²) in [5.74, 6) is 0.880. The summed E-state index contributed by atoms with van der Waals surface area (Å²) in [5.41, 5.74) is 7.07. The number of hydrogen-bond donors (Lipinski definition) is 1. The number of ether oxygens (including phenoxy) is 2. The lowest BCUT2D eigenvalue weighted by Gasteiger charge is -2.14. The van der Waals surface area contributed by atoms with Crippen molar-refractivity contribution >= 4 is 28.1 Å². The lowest BCUT2D eigenvalue weighted by atomic mass is 10.1. The van der Waals surface area contributed by atoms with Gasteiger partial charge in [0.15, 0.2) is 11.5 Å². The second-order valence-corrected chi connectivity index (χ2v) is 8.44. The molecule has 0 aliphatic rings. The van der Waals surface area contributed by atoms with Crippen LogP contribution in [-0.2, 0) is 6.61 Å². The highest BCUT2D eigenvalue weighted by molar-refractivity contribution is 9.10. The zero-order chi connectivity index (χ0) is 23.9. The molecule has 0 spiro atoms. The number of aryl methyl sites for hydroxylation is 1. The molecule has 1 amide bonds. The number of nitrogens with zero attached hydrogens (tertiary/aromatic N) is 2. The highest BCUT2D eigenvalue weighted by Gasteiger charge is 2.12. The molecule has 1 heterocycles. The van der Waals surface area contributed by atoms with Crippen LogP contribution < -0.4 is 14.9 Å². The van der Waals surface area contributed by atoms with Crippen LogP contribution in [0.5, 0.6) is 11.5 Å². The van der Waals surface area contributed by atoms with E-state index < -0.39 is 0 Å². The Balaban J connectivity index is 1.41. The Bertz CT molecular complexity index is 1300. The molecule has 1 N–H and O–H groups in total. The molecule has 34 heavy (non-hydrogen) atoms. The lowest BCUT2D eigenvalue weighted by Crippen LogP contribution is -2.17. The molecule has 0 aliphatic carbocycles. The van der Waals surface area contributed by atoms with Crippen molar-refractivity contribution in [2.45, 2.75) is 13.5 Å². The summed E-state index contributed by atoms with van der Waals surface area (Å²) in [6.07, 6.45) is 5.46. The zero-order valence-corrected chi connectivity index (χ0v) is 20.5. The summed E-state index contributed by atoms with van der Waals surface area (Å²) >= 11 is 3.56. The second-order valence-electron chi connectivity index (χ2n) is 7.59. The van der Waals surface area contributed by atoms with Crippen LogP contribution in [0.25, 0.3) is 5.69 Å². The van der Waals surface area contributed by atoms with Crippen molar-refractivity contribution in [3.8, 4) is 17.2 Å². The molecular weight excluding hydrogens is 494 g/mol. The molecule has 0 saturated carbocycles. The standard InChI is InChI=1S/C27H24BrN3O3/c1-19-7-3-4-8-22(19)18-34-26-24(28)15-20(16-25(26)33-2)17-29-30-27(32)21-9-11-23(12-10-21)31-13-5-6-14-31/h3-17H,18H2,1-2H3,(H,30,32)/b29-17+. The smallest absolute Gasteiger partial charge is 0.271 e. The van der Waals surface area contributed by atoms with E-state index in [2.05, 4.69) is 39.4 Å². The van der Waals surface area contributed by atoms with Gasteiger partial charge in [0, 0.05) is 23.6 Å². The molecule has 0 unspecified atom stereocenters. The number of rotatable bonds is 8. The first-order valence-electron chi connectivity index (χ1n) is 10.7. The molecular formula is C27H24BrN3O3. The van der Waals surface area contributed by atoms with Gasteiger partial charge >= 0.3 is 0 Å². The van der Waals surface area contributed by atoms with E-state index in [0.29, 0.717) is 23.7 Å². The number of carbonyl (C=O) groups excluding carboxylic acids is 1. The van der Waals surface area contributed by atoms with Crippen LogP contribution >= 0.6 is 15.9 Å². The number of hydrogen-bond acceptors (Lipinski definition) is 4. The molecule has 6 nitrogen and oxygen atoms in total. The minimum atomic E-state index is -0.292. The molecule has 7 heteroatoms. The summed E-state index contributed by atoms with van der Waals surface area (Å²) < 4.78 is 14.2. The van der Waals surface area contributed by atoms with Crippen molar-refractivity contribution in [3.05, 3.63) is 112 Å². The van der Waals surface area contributed by atoms with Gasteiger partial charge in [0.05, 0.1) is 17.8 Å². The van der Waals surface area contributed by atoms with E-state index in [1.165, 1.54) is 0 Å². The van der Waals surface area contributed by atoms with Crippen LogP contribution in [0.15, 0.2) is 94.8 Å². The monoisotopic (exact) mass is 517 g/mol. The number of carbonyl (C=O) groups is 1. The molecule has 0 radical (unpaired) electrons. The van der Waals surface area contributed by atoms with E-state index in [-0.39, 0.29) is 5.91 Å². The Hall–Kier alpha value is -3.84. The Morgan fingerprint density at radius 3 is 2.50 bits per heavy atom. The Morgan fingerprint density at radius 1 is 1.06 bits per heavy atom. The molecule has 4 rings (SSSR count). The van der Waals surface area contributed by atoms with Gasteiger partial charge in [-0.15, -0.1) is 0 Å². The Labute approximate surface area is 207 Å². The van der Waals surface area contributed by atoms with Crippen molar-refractivity contribution in [2.24, 2.45) is 5.10 Å². The van der Waals surface area contributed by atoms with E-state index in [1.807, 2.05) is 65.5 Å². The third-order valence-corrected chi connectivity index (χ3v) is 5.89. The van der Waals surface area contributed by atoms with Gasteiger partial charge in [-0.3, -0.25) is 4.79 Å². The zero-order valence-electron chi connectivity index (χ0n) is 18.9. The Kier molecular flexibility index (Phi) is 7.44. The van der Waals surface area contributed by atoms with Gasteiger partial charge in [0.2, 0.25) is 0 Å². The lowest BCUT2D eigenvalue weighted by molar-refractivity contribution is 0.0955. The number of nitrogens with one attached hydrogen (secondary N) is 1. The molecule has 4 aromatic rings. The summed E-state index contributed by atoms with van der Waals surface area (Å²) in [7, 11) is 1.59. The third kappa shape index (κ3) is 5.55. The predicted molar refractivity (Wildman–Crippen MR) is 137 cm³/mol. The highest BCUT2D eigenvalue weighted by atomic mass is 79.9. The molecule has 1 aromatic heterocycles. The van der Waals surface area contributed by atoms with Gasteiger partial charge in [0.1, 0.15) is 6.61 Å². The van der Waals surface area contributed by atoms with Crippen molar-refractivity contribution in [2.75, 3.05) is 7.11 Å². The number of methoxy groups -OCH3 is 1. The number of amides is 1. The quantitative estimate of drug-likeness (QED) is 0.233. The molecule has 3 aromatic carbocycles. The molecule has 0 saturated heterocycles. The van der Waals surface area contributed by atoms with Crippen molar-refractivity contribution < 1.29 is 14.3 Å². The first-order chi connectivity index (χ1) is 16.5. The van der Waals surface area contributed by atoms with E-state index >= 15 is 0 Å². The minimum Gasteiger partial charge on any atom is -0.493 e. The summed E-state index contributed by atoms with van der Waals surface area (Å²) in [4.78, 5) is 12.4. The fourth-order valence-electron chi connectivity index (χ4n) is 3.40. The van der Waals surface area contributed by atoms with Gasteiger partial charge < -0.3 is 14.0 Å². The van der Waals surface area contributed by atoms with E-state index in [4.69, 9.17) is 9.47 Å². The highest BCUT2D eigenvalue weighted by Crippen LogP contribution is 2.37. The van der Waals surface area contributed by atoms with Gasteiger partial charge in [-0.2, -0.15) is 5.10 Å². The predicted octanol–water partition coefficient (Wildman–Crippen LogP) is 5.90. The largest absolute Gasteiger partial charge is 0.493 e. The van der Waals surface area contributed by atoms with Crippen molar-refractivity contribution in [1.82, 2.24) is 9.99 Å². The van der Waals surface area contributed by atoms with Gasteiger partial charge in [-0.1, -0.05) is 24.3 Å². The number of halogens is 1. The van der Waals surface area contributed by atoms with Crippen LogP contribution in [0.2, 0.25) is 0 Å². The Morgan fingerprint density at radius 2 is 1.79 bits per heavy atom. The fraction of sp³-hybridized carbons (Fsp3) is 0.111. The van der Waals surface area contributed by atoms with E-state index in [1.54, 1.807) is 31.5 Å². The molecule has 172 valence electrons. The topological polar surface area (TPSA) is 64.8 Å². The van der Waals surface area contributed by atoms with E-state index in [9.17, 15) is 4.79 Å². The summed E-state index contributed by atoms with van der Waals surface area (Å²) in [5, 5.41) is 4.09. The molecule has 0 fully saturated rings. The van der Waals surface area contributed by atoms with Crippen molar-refractivity contribution in [3.63, 3.8) is 0 Å². The minimum absolute atomic E-state index is 0.292. The summed E-state index contributed by atoms with van der Waals surface area (Å²) in [6.45, 7) is 2.48. The van der Waals surface area contributed by atoms with Gasteiger partial charge in [-0.05, 0) is 88.1 Å². The molecule has 0 atom stereocenters. The van der Waals surface area contributed by atoms with Gasteiger partial charge in [-0.25, -0.2) is 5.43 Å². The molecule has 0 aliphatic heterocycles. The van der Waals surface area contributed by atoms with Crippen LogP contribution in [0, 0.1) is 6.92 Å². The average molecular weight is 518 g/mol. The SMILES string of the molecule is COc1cc(/C=N/NC(=O)c2ccc(-n3cccc3)cc2)cc(Br)c1OCc1ccccc1C. The van der Waals surface area contributed by atoms with Crippen molar-refractivity contribution in [1.29, 1.82) is 0 Å². The average Bonchev–Trinajstić information content (AvgIpc) is 3.39. The van der Waals surface area contributed by atoms with E-state index in [0.717, 1.165) is 26.9 Å². The fourth-order valence-corrected chi connectivity index (χ4v) is 3.97. The van der Waals surface area contributed by atoms with Crippen LogP contribution in [0.1, 0.15) is 27.0 Å². The maximum absolute atomic E-state index is 12.4. The van der Waals surface area contributed by atoms with Crippen LogP contribution in [0.3, 0.4) is 0 Å².